The molecule has 0 unspecified atom stereocenters. The summed E-state index contributed by atoms with van der Waals surface area (Å²) in [5.74, 6) is 0.127. The second-order valence-electron chi connectivity index (χ2n) is 6.80. The first-order valence-electron chi connectivity index (χ1n) is 9.00. The lowest BCUT2D eigenvalue weighted by molar-refractivity contribution is -0.130. The third kappa shape index (κ3) is 2.94. The molecule has 4 rings (SSSR count). The minimum absolute atomic E-state index is 0.0530. The van der Waals surface area contributed by atoms with Crippen LogP contribution in [-0.4, -0.2) is 54.6 Å². The van der Waals surface area contributed by atoms with Gasteiger partial charge in [-0.15, -0.1) is 0 Å². The van der Waals surface area contributed by atoms with Crippen LogP contribution in [-0.2, 0) is 9.53 Å². The first-order valence-corrected chi connectivity index (χ1v) is 9.00. The predicted octanol–water partition coefficient (Wildman–Crippen LogP) is 3.10. The number of carbonyl (C=O) groups excluding carboxylic acids is 2. The summed E-state index contributed by atoms with van der Waals surface area (Å²) in [5.41, 5.74) is 4.87. The number of fused-ring (bicyclic) bond motifs is 3. The zero-order valence-electron chi connectivity index (χ0n) is 14.9. The number of rotatable bonds is 2. The molecule has 0 N–H and O–H groups in total. The summed E-state index contributed by atoms with van der Waals surface area (Å²) in [6, 6.07) is 16.6. The fourth-order valence-corrected chi connectivity index (χ4v) is 3.89. The predicted molar refractivity (Wildman–Crippen MR) is 98.9 cm³/mol. The van der Waals surface area contributed by atoms with E-state index < -0.39 is 0 Å². The molecule has 2 aliphatic rings. The van der Waals surface area contributed by atoms with E-state index in [2.05, 4.69) is 24.3 Å². The van der Waals surface area contributed by atoms with Crippen LogP contribution in [0.15, 0.2) is 48.5 Å². The molecule has 0 radical (unpaired) electrons. The summed E-state index contributed by atoms with van der Waals surface area (Å²) in [6.07, 6.45) is -0.296. The van der Waals surface area contributed by atoms with Gasteiger partial charge in [-0.1, -0.05) is 48.5 Å². The maximum Gasteiger partial charge on any atom is 0.409 e. The molecule has 134 valence electrons. The summed E-state index contributed by atoms with van der Waals surface area (Å²) in [5, 5.41) is 0. The quantitative estimate of drug-likeness (QED) is 0.836. The summed E-state index contributed by atoms with van der Waals surface area (Å²) in [7, 11) is 0. The number of benzene rings is 2. The van der Waals surface area contributed by atoms with Crippen LogP contribution in [0.3, 0.4) is 0 Å². The molecule has 0 saturated carbocycles. The first-order chi connectivity index (χ1) is 12.6. The Morgan fingerprint density at radius 3 is 1.92 bits per heavy atom. The molecule has 1 aliphatic carbocycles. The maximum absolute atomic E-state index is 12.5. The van der Waals surface area contributed by atoms with Crippen LogP contribution in [0, 0.1) is 0 Å². The monoisotopic (exact) mass is 350 g/mol. The lowest BCUT2D eigenvalue weighted by Gasteiger charge is -2.33. The molecule has 0 atom stereocenters. The molecule has 5 nitrogen and oxygen atoms in total. The van der Waals surface area contributed by atoms with E-state index in [0.717, 1.165) is 0 Å². The molecule has 0 bridgehead atoms. The molecule has 1 heterocycles. The van der Waals surface area contributed by atoms with Crippen molar-refractivity contribution in [3.05, 3.63) is 59.7 Å². The molecule has 1 saturated heterocycles. The van der Waals surface area contributed by atoms with E-state index in [0.29, 0.717) is 32.8 Å². The second kappa shape index (κ2) is 6.83. The second-order valence-corrected chi connectivity index (χ2v) is 6.80. The average molecular weight is 350 g/mol. The van der Waals surface area contributed by atoms with Gasteiger partial charge in [0.05, 0.1) is 0 Å². The van der Waals surface area contributed by atoms with Gasteiger partial charge in [-0.05, 0) is 22.3 Å². The van der Waals surface area contributed by atoms with Crippen molar-refractivity contribution in [1.29, 1.82) is 0 Å². The number of carbonyl (C=O) groups is 2. The van der Waals surface area contributed by atoms with Gasteiger partial charge in [-0.2, -0.15) is 0 Å². The van der Waals surface area contributed by atoms with Gasteiger partial charge in [0.2, 0.25) is 5.91 Å². The fraction of sp³-hybridized carbons (Fsp3) is 0.333. The van der Waals surface area contributed by atoms with Gasteiger partial charge in [-0.3, -0.25) is 4.79 Å². The molecule has 0 spiro atoms. The average Bonchev–Trinajstić information content (AvgIpc) is 3.00. The number of ether oxygens (including phenoxy) is 1. The number of hydrogen-bond donors (Lipinski definition) is 0. The molecule has 0 aromatic heterocycles. The summed E-state index contributed by atoms with van der Waals surface area (Å²) in [4.78, 5) is 27.3. The number of nitrogens with zero attached hydrogens (tertiary/aromatic N) is 2. The Morgan fingerprint density at radius 1 is 0.885 bits per heavy atom. The highest BCUT2D eigenvalue weighted by Gasteiger charge is 2.30. The van der Waals surface area contributed by atoms with E-state index in [-0.39, 0.29) is 17.9 Å². The maximum atomic E-state index is 12.5. The van der Waals surface area contributed by atoms with E-state index in [4.69, 9.17) is 4.74 Å². The van der Waals surface area contributed by atoms with Gasteiger partial charge in [0.25, 0.3) is 0 Å². The lowest BCUT2D eigenvalue weighted by atomic mass is 9.98. The summed E-state index contributed by atoms with van der Waals surface area (Å²) >= 11 is 0. The van der Waals surface area contributed by atoms with E-state index in [1.807, 2.05) is 24.3 Å². The Bertz CT molecular complexity index is 795. The van der Waals surface area contributed by atoms with E-state index >= 15 is 0 Å². The van der Waals surface area contributed by atoms with Crippen molar-refractivity contribution in [3.8, 4) is 11.1 Å². The van der Waals surface area contributed by atoms with Crippen LogP contribution in [0.25, 0.3) is 11.1 Å². The van der Waals surface area contributed by atoms with Gasteiger partial charge >= 0.3 is 6.09 Å². The van der Waals surface area contributed by atoms with Crippen molar-refractivity contribution in [2.75, 3.05) is 32.8 Å². The van der Waals surface area contributed by atoms with Crippen molar-refractivity contribution >= 4 is 12.0 Å². The highest BCUT2D eigenvalue weighted by molar-refractivity contribution is 5.79. The van der Waals surface area contributed by atoms with Crippen LogP contribution >= 0.6 is 0 Å². The minimum Gasteiger partial charge on any atom is -0.448 e. The van der Waals surface area contributed by atoms with Crippen molar-refractivity contribution in [1.82, 2.24) is 9.80 Å². The Morgan fingerprint density at radius 2 is 1.38 bits per heavy atom. The van der Waals surface area contributed by atoms with Gasteiger partial charge in [0.1, 0.15) is 6.61 Å². The van der Waals surface area contributed by atoms with Crippen molar-refractivity contribution in [3.63, 3.8) is 0 Å². The minimum atomic E-state index is -0.296. The number of piperazine rings is 1. The highest BCUT2D eigenvalue weighted by Crippen LogP contribution is 2.44. The van der Waals surface area contributed by atoms with Crippen LogP contribution in [0.5, 0.6) is 0 Å². The molecule has 2 amide bonds. The summed E-state index contributed by atoms with van der Waals surface area (Å²) in [6.45, 7) is 4.08. The standard InChI is InChI=1S/C21H22N2O3/c1-15(24)22-10-12-23(13-11-22)21(25)26-14-20-18-8-4-2-6-16(18)17-7-3-5-9-19(17)20/h2-9,20H,10-14H2,1H3. The number of hydrogen-bond acceptors (Lipinski definition) is 3. The Kier molecular flexibility index (Phi) is 4.37. The fourth-order valence-electron chi connectivity index (χ4n) is 3.89. The van der Waals surface area contributed by atoms with Crippen LogP contribution < -0.4 is 0 Å². The zero-order chi connectivity index (χ0) is 18.1. The molecule has 1 fully saturated rings. The van der Waals surface area contributed by atoms with Gasteiger partial charge in [-0.25, -0.2) is 4.79 Å². The van der Waals surface area contributed by atoms with Crippen LogP contribution in [0.1, 0.15) is 24.0 Å². The molecular formula is C21H22N2O3. The Balaban J connectivity index is 1.44. The third-order valence-corrected chi connectivity index (χ3v) is 5.32. The molecule has 26 heavy (non-hydrogen) atoms. The largest absolute Gasteiger partial charge is 0.448 e. The summed E-state index contributed by atoms with van der Waals surface area (Å²) < 4.78 is 5.66. The van der Waals surface area contributed by atoms with Crippen LogP contribution in [0.4, 0.5) is 4.79 Å². The van der Waals surface area contributed by atoms with Gasteiger partial charge < -0.3 is 14.5 Å². The SMILES string of the molecule is CC(=O)N1CCN(C(=O)OCC2c3ccccc3-c3ccccc32)CC1. The van der Waals surface area contributed by atoms with E-state index in [1.54, 1.807) is 16.7 Å². The molecule has 5 heteroatoms. The first kappa shape index (κ1) is 16.6. The smallest absolute Gasteiger partial charge is 0.409 e. The number of amides is 2. The van der Waals surface area contributed by atoms with Crippen LogP contribution in [0.2, 0.25) is 0 Å². The Hall–Kier alpha value is -2.82. The van der Waals surface area contributed by atoms with Crippen molar-refractivity contribution in [2.24, 2.45) is 0 Å². The molecule has 2 aromatic carbocycles. The molecular weight excluding hydrogens is 328 g/mol. The zero-order valence-corrected chi connectivity index (χ0v) is 14.9. The lowest BCUT2D eigenvalue weighted by Crippen LogP contribution is -2.50. The molecule has 2 aromatic rings. The van der Waals surface area contributed by atoms with Gasteiger partial charge in [0.15, 0.2) is 0 Å². The Labute approximate surface area is 153 Å². The van der Waals surface area contributed by atoms with Crippen molar-refractivity contribution < 1.29 is 14.3 Å². The van der Waals surface area contributed by atoms with Gasteiger partial charge in [0, 0.05) is 39.0 Å². The topological polar surface area (TPSA) is 49.9 Å². The van der Waals surface area contributed by atoms with Crippen molar-refractivity contribution in [2.45, 2.75) is 12.8 Å². The van der Waals surface area contributed by atoms with E-state index in [1.165, 1.54) is 22.3 Å². The molecule has 1 aliphatic heterocycles. The highest BCUT2D eigenvalue weighted by atomic mass is 16.6. The normalized spacial score (nSPS) is 16.2. The third-order valence-electron chi connectivity index (χ3n) is 5.32. The van der Waals surface area contributed by atoms with E-state index in [9.17, 15) is 9.59 Å².